The SMILES string of the molecule is CCCCC1CCC(C(=O)N(CC)CC(C)(C)CN)CC1. The lowest BCUT2D eigenvalue weighted by atomic mass is 9.79. The molecule has 0 atom stereocenters. The number of hydrogen-bond donors (Lipinski definition) is 1. The second-order valence-electron chi connectivity index (χ2n) is 7.58. The molecule has 0 spiro atoms. The van der Waals surface area contributed by atoms with Crippen molar-refractivity contribution < 1.29 is 4.79 Å². The van der Waals surface area contributed by atoms with Crippen LogP contribution in [0, 0.1) is 17.3 Å². The number of amides is 1. The van der Waals surface area contributed by atoms with Crippen molar-refractivity contribution in [1.82, 2.24) is 4.90 Å². The molecule has 0 aromatic carbocycles. The molecule has 0 aromatic rings. The van der Waals surface area contributed by atoms with Crippen LogP contribution in [-0.2, 0) is 4.79 Å². The monoisotopic (exact) mass is 296 g/mol. The van der Waals surface area contributed by atoms with Gasteiger partial charge in [0.2, 0.25) is 5.91 Å². The third-order valence-corrected chi connectivity index (χ3v) is 5.03. The fraction of sp³-hybridized carbons (Fsp3) is 0.944. The predicted octanol–water partition coefficient (Wildman–Crippen LogP) is 3.82. The van der Waals surface area contributed by atoms with Crippen molar-refractivity contribution in [3.63, 3.8) is 0 Å². The van der Waals surface area contributed by atoms with E-state index >= 15 is 0 Å². The highest BCUT2D eigenvalue weighted by atomic mass is 16.2. The molecule has 0 heterocycles. The van der Waals surface area contributed by atoms with Gasteiger partial charge >= 0.3 is 0 Å². The third-order valence-electron chi connectivity index (χ3n) is 5.03. The van der Waals surface area contributed by atoms with Crippen molar-refractivity contribution in [3.05, 3.63) is 0 Å². The van der Waals surface area contributed by atoms with Crippen LogP contribution in [0.15, 0.2) is 0 Å². The first-order valence-electron chi connectivity index (χ1n) is 8.92. The van der Waals surface area contributed by atoms with Gasteiger partial charge in [0.05, 0.1) is 0 Å². The van der Waals surface area contributed by atoms with E-state index < -0.39 is 0 Å². The smallest absolute Gasteiger partial charge is 0.225 e. The first kappa shape index (κ1) is 18.5. The number of carbonyl (C=O) groups excluding carboxylic acids is 1. The summed E-state index contributed by atoms with van der Waals surface area (Å²) in [4.78, 5) is 14.8. The number of nitrogens with two attached hydrogens (primary N) is 1. The normalized spacial score (nSPS) is 23.1. The summed E-state index contributed by atoms with van der Waals surface area (Å²) in [5.41, 5.74) is 5.83. The van der Waals surface area contributed by atoms with Crippen LogP contribution in [0.4, 0.5) is 0 Å². The van der Waals surface area contributed by atoms with Crippen molar-refractivity contribution in [2.45, 2.75) is 72.6 Å². The molecule has 21 heavy (non-hydrogen) atoms. The van der Waals surface area contributed by atoms with Crippen LogP contribution in [0.1, 0.15) is 72.6 Å². The largest absolute Gasteiger partial charge is 0.342 e. The molecule has 1 rings (SSSR count). The second-order valence-corrected chi connectivity index (χ2v) is 7.58. The van der Waals surface area contributed by atoms with Crippen LogP contribution in [0.25, 0.3) is 0 Å². The summed E-state index contributed by atoms with van der Waals surface area (Å²) >= 11 is 0. The highest BCUT2D eigenvalue weighted by molar-refractivity contribution is 5.79. The summed E-state index contributed by atoms with van der Waals surface area (Å²) in [6.07, 6.45) is 8.66. The molecule has 3 nitrogen and oxygen atoms in total. The van der Waals surface area contributed by atoms with Crippen LogP contribution in [0.5, 0.6) is 0 Å². The van der Waals surface area contributed by atoms with Gasteiger partial charge in [-0.25, -0.2) is 0 Å². The topological polar surface area (TPSA) is 46.3 Å². The maximum absolute atomic E-state index is 12.7. The summed E-state index contributed by atoms with van der Waals surface area (Å²) < 4.78 is 0. The molecular weight excluding hydrogens is 260 g/mol. The lowest BCUT2D eigenvalue weighted by Crippen LogP contribution is -2.45. The highest BCUT2D eigenvalue weighted by Gasteiger charge is 2.31. The molecule has 0 aliphatic heterocycles. The number of hydrogen-bond acceptors (Lipinski definition) is 2. The maximum Gasteiger partial charge on any atom is 0.225 e. The molecule has 3 heteroatoms. The van der Waals surface area contributed by atoms with Crippen LogP contribution < -0.4 is 5.73 Å². The zero-order valence-electron chi connectivity index (χ0n) is 14.7. The molecule has 0 unspecified atom stereocenters. The summed E-state index contributed by atoms with van der Waals surface area (Å²) in [5, 5.41) is 0. The predicted molar refractivity (Wildman–Crippen MR) is 90.1 cm³/mol. The summed E-state index contributed by atoms with van der Waals surface area (Å²) in [6, 6.07) is 0. The molecule has 2 N–H and O–H groups in total. The Labute approximate surface area is 131 Å². The number of carbonyl (C=O) groups is 1. The molecule has 0 bridgehead atoms. The summed E-state index contributed by atoms with van der Waals surface area (Å²) in [5.74, 6) is 1.49. The molecule has 0 radical (unpaired) electrons. The second kappa shape index (κ2) is 8.77. The quantitative estimate of drug-likeness (QED) is 0.740. The molecule has 0 aromatic heterocycles. The Morgan fingerprint density at radius 3 is 2.29 bits per heavy atom. The third kappa shape index (κ3) is 5.98. The van der Waals surface area contributed by atoms with Crippen LogP contribution in [0.3, 0.4) is 0 Å². The Morgan fingerprint density at radius 2 is 1.81 bits per heavy atom. The van der Waals surface area contributed by atoms with Gasteiger partial charge in [-0.2, -0.15) is 0 Å². The molecular formula is C18H36N2O. The van der Waals surface area contributed by atoms with Crippen molar-refractivity contribution in [2.24, 2.45) is 23.0 Å². The minimum Gasteiger partial charge on any atom is -0.342 e. The molecule has 1 aliphatic rings. The average Bonchev–Trinajstić information content (AvgIpc) is 2.50. The Morgan fingerprint density at radius 1 is 1.19 bits per heavy atom. The summed E-state index contributed by atoms with van der Waals surface area (Å²) in [6.45, 7) is 10.8. The molecule has 1 fully saturated rings. The Kier molecular flexibility index (Phi) is 7.72. The van der Waals surface area contributed by atoms with Crippen LogP contribution >= 0.6 is 0 Å². The molecule has 124 valence electrons. The minimum atomic E-state index is 0.0179. The van der Waals surface area contributed by atoms with Crippen LogP contribution in [-0.4, -0.2) is 30.4 Å². The van der Waals surface area contributed by atoms with Gasteiger partial charge in [-0.1, -0.05) is 40.0 Å². The standard InChI is InChI=1S/C18H36N2O/c1-5-7-8-15-9-11-16(12-10-15)17(21)20(6-2)14-18(3,4)13-19/h15-16H,5-14,19H2,1-4H3. The average molecular weight is 296 g/mol. The van der Waals surface area contributed by atoms with E-state index in [0.29, 0.717) is 12.5 Å². The molecule has 0 saturated heterocycles. The van der Waals surface area contributed by atoms with Gasteiger partial charge in [-0.05, 0) is 50.5 Å². The number of rotatable bonds is 8. The van der Waals surface area contributed by atoms with Crippen LogP contribution in [0.2, 0.25) is 0 Å². The maximum atomic E-state index is 12.7. The fourth-order valence-electron chi connectivity index (χ4n) is 3.38. The van der Waals surface area contributed by atoms with E-state index in [9.17, 15) is 4.79 Å². The number of unbranched alkanes of at least 4 members (excludes halogenated alkanes) is 1. The number of nitrogens with zero attached hydrogens (tertiary/aromatic N) is 1. The van der Waals surface area contributed by atoms with Gasteiger partial charge in [0.1, 0.15) is 0 Å². The zero-order valence-corrected chi connectivity index (χ0v) is 14.7. The lowest BCUT2D eigenvalue weighted by Gasteiger charge is -2.35. The van der Waals surface area contributed by atoms with Gasteiger partial charge in [0.15, 0.2) is 0 Å². The van der Waals surface area contributed by atoms with Crippen molar-refractivity contribution in [2.75, 3.05) is 19.6 Å². The highest BCUT2D eigenvalue weighted by Crippen LogP contribution is 2.33. The Balaban J connectivity index is 2.47. The Hall–Kier alpha value is -0.570. The first-order chi connectivity index (χ1) is 9.93. The molecule has 1 saturated carbocycles. The summed E-state index contributed by atoms with van der Waals surface area (Å²) in [7, 11) is 0. The van der Waals surface area contributed by atoms with E-state index in [1.54, 1.807) is 0 Å². The van der Waals surface area contributed by atoms with Crippen molar-refractivity contribution >= 4 is 5.91 Å². The van der Waals surface area contributed by atoms with E-state index in [-0.39, 0.29) is 11.3 Å². The van der Waals surface area contributed by atoms with Crippen molar-refractivity contribution in [1.29, 1.82) is 0 Å². The van der Waals surface area contributed by atoms with Gasteiger partial charge < -0.3 is 10.6 Å². The zero-order chi connectivity index (χ0) is 15.9. The fourth-order valence-corrected chi connectivity index (χ4v) is 3.38. The van der Waals surface area contributed by atoms with Gasteiger partial charge in [0, 0.05) is 19.0 Å². The van der Waals surface area contributed by atoms with E-state index in [1.165, 1.54) is 32.1 Å². The van der Waals surface area contributed by atoms with Gasteiger partial charge in [0.25, 0.3) is 0 Å². The van der Waals surface area contributed by atoms with Gasteiger partial charge in [-0.3, -0.25) is 4.79 Å². The molecule has 1 aliphatic carbocycles. The first-order valence-corrected chi connectivity index (χ1v) is 8.92. The molecule has 1 amide bonds. The van der Waals surface area contributed by atoms with Gasteiger partial charge in [-0.15, -0.1) is 0 Å². The van der Waals surface area contributed by atoms with E-state index in [0.717, 1.165) is 31.8 Å². The lowest BCUT2D eigenvalue weighted by molar-refractivity contribution is -0.138. The van der Waals surface area contributed by atoms with Crippen molar-refractivity contribution in [3.8, 4) is 0 Å². The van der Waals surface area contributed by atoms with E-state index in [2.05, 4.69) is 27.7 Å². The Bertz CT molecular complexity index is 306. The minimum absolute atomic E-state index is 0.0179. The van der Waals surface area contributed by atoms with E-state index in [1.807, 2.05) is 4.90 Å². The van der Waals surface area contributed by atoms with E-state index in [4.69, 9.17) is 5.73 Å².